The normalized spacial score (nSPS) is 21.2. The second-order valence-electron chi connectivity index (χ2n) is 8.93. The lowest BCUT2D eigenvalue weighted by Gasteiger charge is -2.39. The van der Waals surface area contributed by atoms with Gasteiger partial charge in [-0.15, -0.1) is 4.31 Å². The lowest BCUT2D eigenvalue weighted by atomic mass is 10.1. The molecule has 0 spiro atoms. The Morgan fingerprint density at radius 3 is 2.32 bits per heavy atom. The molecule has 0 N–H and O–H groups in total. The van der Waals surface area contributed by atoms with Crippen LogP contribution in [0.15, 0.2) is 11.6 Å². The van der Waals surface area contributed by atoms with Crippen molar-refractivity contribution in [1.82, 2.24) is 4.31 Å². The molecule has 146 valence electrons. The van der Waals surface area contributed by atoms with E-state index in [1.54, 1.807) is 6.92 Å². The molecule has 1 aliphatic heterocycles. The van der Waals surface area contributed by atoms with Crippen LogP contribution in [-0.4, -0.2) is 53.7 Å². The first-order valence-corrected chi connectivity index (χ1v) is 12.9. The van der Waals surface area contributed by atoms with Crippen LogP contribution in [0.3, 0.4) is 0 Å². The first-order chi connectivity index (χ1) is 11.2. The average molecular weight is 390 g/mol. The van der Waals surface area contributed by atoms with Crippen LogP contribution < -0.4 is 0 Å². The first-order valence-electron chi connectivity index (χ1n) is 8.92. The van der Waals surface area contributed by atoms with Crippen LogP contribution in [0.4, 0.5) is 0 Å². The molecule has 7 heteroatoms. The predicted octanol–water partition coefficient (Wildman–Crippen LogP) is 3.64. The van der Waals surface area contributed by atoms with Gasteiger partial charge in [-0.3, -0.25) is 0 Å². The predicted molar refractivity (Wildman–Crippen MR) is 106 cm³/mol. The van der Waals surface area contributed by atoms with Crippen LogP contribution in [0.1, 0.15) is 48.5 Å². The Hall–Kier alpha value is -0.343. The molecule has 1 aliphatic rings. The minimum atomic E-state index is -1.97. The number of nitrogens with zero attached hydrogens (tertiary/aromatic N) is 1. The highest BCUT2D eigenvalue weighted by molar-refractivity contribution is 7.90. The Labute approximate surface area is 157 Å². The zero-order valence-corrected chi connectivity index (χ0v) is 19.1. The largest absolute Gasteiger partial charge is 0.597 e. The summed E-state index contributed by atoms with van der Waals surface area (Å²) in [7, 11) is -1.97. The number of ether oxygens (including phenoxy) is 1. The third-order valence-electron chi connectivity index (χ3n) is 4.85. The van der Waals surface area contributed by atoms with E-state index in [9.17, 15) is 9.35 Å². The number of esters is 1. The van der Waals surface area contributed by atoms with Crippen molar-refractivity contribution in [2.75, 3.05) is 19.8 Å². The quantitative estimate of drug-likeness (QED) is 0.394. The van der Waals surface area contributed by atoms with Gasteiger partial charge in [0.1, 0.15) is 10.8 Å². The summed E-state index contributed by atoms with van der Waals surface area (Å²) in [6.45, 7) is 19.7. The molecule has 2 atom stereocenters. The van der Waals surface area contributed by atoms with Crippen molar-refractivity contribution in [1.29, 1.82) is 0 Å². The minimum absolute atomic E-state index is 0.0768. The highest BCUT2D eigenvalue weighted by atomic mass is 32.2. The molecular formula is C18H35NO4SSi. The van der Waals surface area contributed by atoms with E-state index in [0.717, 1.165) is 0 Å². The molecule has 5 nitrogen and oxygen atoms in total. The van der Waals surface area contributed by atoms with Crippen molar-refractivity contribution in [2.24, 2.45) is 0 Å². The van der Waals surface area contributed by atoms with Gasteiger partial charge in [-0.2, -0.15) is 0 Å². The summed E-state index contributed by atoms with van der Waals surface area (Å²) < 4.78 is 25.9. The number of hydrogen-bond donors (Lipinski definition) is 0. The minimum Gasteiger partial charge on any atom is -0.597 e. The Kier molecular flexibility index (Phi) is 7.38. The lowest BCUT2D eigenvalue weighted by molar-refractivity contribution is -0.139. The molecule has 25 heavy (non-hydrogen) atoms. The van der Waals surface area contributed by atoms with Crippen molar-refractivity contribution >= 4 is 25.6 Å². The molecule has 0 aliphatic carbocycles. The highest BCUT2D eigenvalue weighted by Crippen LogP contribution is 2.38. The third-order valence-corrected chi connectivity index (χ3v) is 11.2. The van der Waals surface area contributed by atoms with Gasteiger partial charge < -0.3 is 13.7 Å². The molecular weight excluding hydrogens is 354 g/mol. The highest BCUT2D eigenvalue weighted by Gasteiger charge is 2.46. The molecule has 1 rings (SSSR count). The molecule has 0 radical (unpaired) electrons. The van der Waals surface area contributed by atoms with Crippen molar-refractivity contribution in [3.63, 3.8) is 0 Å². The van der Waals surface area contributed by atoms with Gasteiger partial charge in [-0.1, -0.05) is 26.8 Å². The van der Waals surface area contributed by atoms with E-state index in [2.05, 4.69) is 33.9 Å². The van der Waals surface area contributed by atoms with Crippen LogP contribution in [0, 0.1) is 0 Å². The summed E-state index contributed by atoms with van der Waals surface area (Å²) in [4.78, 5) is 12.3. The van der Waals surface area contributed by atoms with E-state index < -0.39 is 24.4 Å². The van der Waals surface area contributed by atoms with E-state index in [-0.39, 0.29) is 17.0 Å². The summed E-state index contributed by atoms with van der Waals surface area (Å²) >= 11 is -1.22. The van der Waals surface area contributed by atoms with Crippen LogP contribution in [0.2, 0.25) is 18.1 Å². The van der Waals surface area contributed by atoms with E-state index in [1.165, 1.54) is 0 Å². The van der Waals surface area contributed by atoms with Crippen molar-refractivity contribution < 1.29 is 18.5 Å². The van der Waals surface area contributed by atoms with Gasteiger partial charge in [-0.05, 0) is 45.8 Å². The second kappa shape index (κ2) is 8.13. The van der Waals surface area contributed by atoms with E-state index in [4.69, 9.17) is 9.16 Å². The van der Waals surface area contributed by atoms with Crippen molar-refractivity contribution in [3.8, 4) is 0 Å². The fourth-order valence-electron chi connectivity index (χ4n) is 2.25. The smallest absolute Gasteiger partial charge is 0.335 e. The maximum atomic E-state index is 12.9. The van der Waals surface area contributed by atoms with E-state index >= 15 is 0 Å². The molecule has 1 heterocycles. The fourth-order valence-corrected chi connectivity index (χ4v) is 4.58. The zero-order chi connectivity index (χ0) is 19.6. The SMILES string of the molecule is CCOC(=O)C1=CCN([S@@+]([O-])C(C)(C)C)C1CO[Si](C)(C)C(C)(C)C. The Morgan fingerprint density at radius 1 is 1.32 bits per heavy atom. The monoisotopic (exact) mass is 389 g/mol. The molecule has 1 unspecified atom stereocenters. The van der Waals surface area contributed by atoms with Gasteiger partial charge in [0, 0.05) is 11.4 Å². The second-order valence-corrected chi connectivity index (χ2v) is 15.9. The third kappa shape index (κ3) is 5.56. The number of rotatable bonds is 6. The molecule has 0 saturated carbocycles. The summed E-state index contributed by atoms with van der Waals surface area (Å²) in [6, 6.07) is -0.326. The lowest BCUT2D eigenvalue weighted by Crippen LogP contribution is -2.51. The Morgan fingerprint density at radius 2 is 1.88 bits per heavy atom. The molecule has 0 aromatic carbocycles. The number of carbonyl (C=O) groups is 1. The maximum Gasteiger partial charge on any atom is 0.335 e. The average Bonchev–Trinajstić information content (AvgIpc) is 2.86. The van der Waals surface area contributed by atoms with Gasteiger partial charge in [-0.25, -0.2) is 4.79 Å². The summed E-state index contributed by atoms with van der Waals surface area (Å²) in [5, 5.41) is 0.0768. The number of hydrogen-bond acceptors (Lipinski definition) is 5. The van der Waals surface area contributed by atoms with Gasteiger partial charge in [0.25, 0.3) is 0 Å². The molecule has 0 amide bonds. The van der Waals surface area contributed by atoms with Crippen LogP contribution >= 0.6 is 0 Å². The standard InChI is InChI=1S/C18H35NO4SSi/c1-10-22-16(20)14-11-12-19(24(21)17(2,3)4)15(14)13-23-25(8,9)18(5,6)7/h11,15H,10,12-13H2,1-9H3/t15?,24-/m0/s1. The number of carbonyl (C=O) groups excluding carboxylic acids is 1. The fraction of sp³-hybridized carbons (Fsp3) is 0.833. The molecule has 0 bridgehead atoms. The first kappa shape index (κ1) is 22.7. The van der Waals surface area contributed by atoms with Crippen LogP contribution in [0.5, 0.6) is 0 Å². The van der Waals surface area contributed by atoms with E-state index in [0.29, 0.717) is 25.3 Å². The van der Waals surface area contributed by atoms with Crippen LogP contribution in [0.25, 0.3) is 0 Å². The summed E-state index contributed by atoms with van der Waals surface area (Å²) in [6.07, 6.45) is 1.83. The summed E-state index contributed by atoms with van der Waals surface area (Å²) in [5.41, 5.74) is 0.568. The van der Waals surface area contributed by atoms with Crippen molar-refractivity contribution in [2.45, 2.75) is 77.4 Å². The molecule has 0 aromatic heterocycles. The maximum absolute atomic E-state index is 12.9. The zero-order valence-electron chi connectivity index (χ0n) is 17.3. The van der Waals surface area contributed by atoms with E-state index in [1.807, 2.05) is 31.2 Å². The van der Waals surface area contributed by atoms with Crippen molar-refractivity contribution in [3.05, 3.63) is 11.6 Å². The van der Waals surface area contributed by atoms with Gasteiger partial charge in [0.05, 0.1) is 25.3 Å². The topological polar surface area (TPSA) is 61.8 Å². The molecule has 0 fully saturated rings. The molecule has 0 aromatic rings. The summed E-state index contributed by atoms with van der Waals surface area (Å²) in [5.74, 6) is -0.334. The Balaban J connectivity index is 3.02. The molecule has 0 saturated heterocycles. The van der Waals surface area contributed by atoms with Crippen LogP contribution in [-0.2, 0) is 25.3 Å². The van der Waals surface area contributed by atoms with Gasteiger partial charge in [0.15, 0.2) is 8.32 Å². The van der Waals surface area contributed by atoms with Gasteiger partial charge in [0.2, 0.25) is 0 Å². The van der Waals surface area contributed by atoms with Gasteiger partial charge >= 0.3 is 5.97 Å². The Bertz CT molecular complexity index is 508.